The van der Waals surface area contributed by atoms with Gasteiger partial charge in [-0.05, 0) is 25.7 Å². The van der Waals surface area contributed by atoms with Gasteiger partial charge in [0.15, 0.2) is 0 Å². The first kappa shape index (κ1) is 14.4. The molecule has 3 N–H and O–H groups in total. The molecular weight excluding hydrogens is 192 g/mol. The fraction of sp³-hybridized carbons (Fsp3) is 0.909. The smallest absolute Gasteiger partial charge is 0.233 e. The second-order valence-corrected chi connectivity index (χ2v) is 4.20. The topological polar surface area (TPSA) is 64.3 Å². The Kier molecular flexibility index (Phi) is 8.33. The maximum Gasteiger partial charge on any atom is 0.233 e. The zero-order chi connectivity index (χ0) is 11.7. The highest BCUT2D eigenvalue weighted by atomic mass is 16.5. The lowest BCUT2D eigenvalue weighted by atomic mass is 10.1. The predicted octanol–water partition coefficient (Wildman–Crippen LogP) is 1.60. The molecule has 0 aromatic rings. The summed E-state index contributed by atoms with van der Waals surface area (Å²) in [5, 5.41) is 0. The second-order valence-electron chi connectivity index (χ2n) is 4.20. The van der Waals surface area contributed by atoms with Gasteiger partial charge in [-0.3, -0.25) is 10.2 Å². The fourth-order valence-electron chi connectivity index (χ4n) is 1.10. The molecule has 0 aliphatic rings. The van der Waals surface area contributed by atoms with Gasteiger partial charge in [-0.25, -0.2) is 5.84 Å². The summed E-state index contributed by atoms with van der Waals surface area (Å²) in [6.07, 6.45) is 3.73. The standard InChI is InChI=1S/C11H24N2O2/c1-9(2)10(3)15-8-6-4-5-7-11(14)13-12/h9-10H,4-8,12H2,1-3H3,(H,13,14). The van der Waals surface area contributed by atoms with Crippen LogP contribution in [-0.2, 0) is 9.53 Å². The highest BCUT2D eigenvalue weighted by molar-refractivity contribution is 5.74. The van der Waals surface area contributed by atoms with Crippen molar-refractivity contribution in [1.82, 2.24) is 5.43 Å². The molecule has 0 bridgehead atoms. The third kappa shape index (κ3) is 8.39. The van der Waals surface area contributed by atoms with Crippen molar-refractivity contribution in [2.45, 2.75) is 52.6 Å². The van der Waals surface area contributed by atoms with Crippen molar-refractivity contribution in [2.24, 2.45) is 11.8 Å². The van der Waals surface area contributed by atoms with E-state index in [4.69, 9.17) is 10.6 Å². The number of carbonyl (C=O) groups is 1. The highest BCUT2D eigenvalue weighted by Gasteiger charge is 2.06. The molecule has 0 fully saturated rings. The van der Waals surface area contributed by atoms with E-state index in [0.717, 1.165) is 25.9 Å². The van der Waals surface area contributed by atoms with E-state index < -0.39 is 0 Å². The van der Waals surface area contributed by atoms with Crippen molar-refractivity contribution in [1.29, 1.82) is 0 Å². The summed E-state index contributed by atoms with van der Waals surface area (Å²) in [7, 11) is 0. The first-order chi connectivity index (χ1) is 7.07. The summed E-state index contributed by atoms with van der Waals surface area (Å²) in [4.78, 5) is 10.8. The van der Waals surface area contributed by atoms with Crippen LogP contribution in [0.3, 0.4) is 0 Å². The van der Waals surface area contributed by atoms with Gasteiger partial charge >= 0.3 is 0 Å². The van der Waals surface area contributed by atoms with Gasteiger partial charge in [0, 0.05) is 13.0 Å². The molecule has 0 heterocycles. The normalized spacial score (nSPS) is 12.9. The first-order valence-electron chi connectivity index (χ1n) is 5.69. The van der Waals surface area contributed by atoms with E-state index in [-0.39, 0.29) is 5.91 Å². The van der Waals surface area contributed by atoms with Crippen LogP contribution in [0.2, 0.25) is 0 Å². The van der Waals surface area contributed by atoms with Crippen molar-refractivity contribution in [2.75, 3.05) is 6.61 Å². The van der Waals surface area contributed by atoms with E-state index in [9.17, 15) is 4.79 Å². The Bertz CT molecular complexity index is 172. The molecule has 0 rings (SSSR count). The summed E-state index contributed by atoms with van der Waals surface area (Å²) in [5.41, 5.74) is 2.12. The molecule has 0 aliphatic carbocycles. The Balaban J connectivity index is 3.22. The van der Waals surface area contributed by atoms with E-state index in [0.29, 0.717) is 18.4 Å². The van der Waals surface area contributed by atoms with Gasteiger partial charge < -0.3 is 4.74 Å². The lowest BCUT2D eigenvalue weighted by molar-refractivity contribution is -0.121. The zero-order valence-corrected chi connectivity index (χ0v) is 10.1. The van der Waals surface area contributed by atoms with E-state index >= 15 is 0 Å². The Morgan fingerprint density at radius 3 is 2.47 bits per heavy atom. The molecule has 0 radical (unpaired) electrons. The summed E-state index contributed by atoms with van der Waals surface area (Å²) in [6.45, 7) is 7.17. The van der Waals surface area contributed by atoms with E-state index in [1.807, 2.05) is 0 Å². The number of nitrogens with two attached hydrogens (primary N) is 1. The van der Waals surface area contributed by atoms with Gasteiger partial charge in [-0.15, -0.1) is 0 Å². The summed E-state index contributed by atoms with van der Waals surface area (Å²) in [6, 6.07) is 0. The molecule has 0 saturated carbocycles. The third-order valence-corrected chi connectivity index (χ3v) is 2.53. The lowest BCUT2D eigenvalue weighted by Crippen LogP contribution is -2.29. The molecule has 0 aromatic carbocycles. The number of amides is 1. The fourth-order valence-corrected chi connectivity index (χ4v) is 1.10. The van der Waals surface area contributed by atoms with Gasteiger partial charge in [-0.2, -0.15) is 0 Å². The SMILES string of the molecule is CC(C)C(C)OCCCCCC(=O)NN. The van der Waals surface area contributed by atoms with Crippen LogP contribution in [-0.4, -0.2) is 18.6 Å². The molecule has 1 atom stereocenters. The molecule has 4 nitrogen and oxygen atoms in total. The van der Waals surface area contributed by atoms with Crippen LogP contribution in [0.15, 0.2) is 0 Å². The van der Waals surface area contributed by atoms with Crippen LogP contribution < -0.4 is 11.3 Å². The van der Waals surface area contributed by atoms with Crippen molar-refractivity contribution in [3.63, 3.8) is 0 Å². The average molecular weight is 216 g/mol. The average Bonchev–Trinajstić information content (AvgIpc) is 2.22. The monoisotopic (exact) mass is 216 g/mol. The Labute approximate surface area is 92.5 Å². The summed E-state index contributed by atoms with van der Waals surface area (Å²) >= 11 is 0. The second kappa shape index (κ2) is 8.68. The molecule has 1 amide bonds. The van der Waals surface area contributed by atoms with Crippen molar-refractivity contribution in [3.8, 4) is 0 Å². The number of carbonyl (C=O) groups excluding carboxylic acids is 1. The molecule has 0 spiro atoms. The predicted molar refractivity (Wildman–Crippen MR) is 61.1 cm³/mol. The minimum Gasteiger partial charge on any atom is -0.378 e. The Morgan fingerprint density at radius 2 is 1.93 bits per heavy atom. The van der Waals surface area contributed by atoms with Gasteiger partial charge in [0.05, 0.1) is 6.10 Å². The zero-order valence-electron chi connectivity index (χ0n) is 10.1. The van der Waals surface area contributed by atoms with Gasteiger partial charge in [0.1, 0.15) is 0 Å². The molecule has 0 aliphatic heterocycles. The van der Waals surface area contributed by atoms with Crippen molar-refractivity contribution >= 4 is 5.91 Å². The Hall–Kier alpha value is -0.610. The van der Waals surface area contributed by atoms with Crippen molar-refractivity contribution in [3.05, 3.63) is 0 Å². The van der Waals surface area contributed by atoms with Crippen LogP contribution in [0, 0.1) is 5.92 Å². The first-order valence-corrected chi connectivity index (χ1v) is 5.69. The maximum atomic E-state index is 10.8. The van der Waals surface area contributed by atoms with E-state index in [1.165, 1.54) is 0 Å². The van der Waals surface area contributed by atoms with E-state index in [1.54, 1.807) is 0 Å². The number of nitrogens with one attached hydrogen (secondary N) is 1. The number of hydrazine groups is 1. The van der Waals surface area contributed by atoms with Gasteiger partial charge in [0.25, 0.3) is 0 Å². The van der Waals surface area contributed by atoms with E-state index in [2.05, 4.69) is 26.2 Å². The van der Waals surface area contributed by atoms with Gasteiger partial charge in [-0.1, -0.05) is 20.3 Å². The minimum atomic E-state index is -0.0912. The quantitative estimate of drug-likeness (QED) is 0.280. The Morgan fingerprint density at radius 1 is 1.27 bits per heavy atom. The number of hydrogen-bond donors (Lipinski definition) is 2. The largest absolute Gasteiger partial charge is 0.378 e. The highest BCUT2D eigenvalue weighted by Crippen LogP contribution is 2.07. The van der Waals surface area contributed by atoms with Crippen molar-refractivity contribution < 1.29 is 9.53 Å². The van der Waals surface area contributed by atoms with Crippen LogP contribution in [0.25, 0.3) is 0 Å². The maximum absolute atomic E-state index is 10.8. The molecule has 1 unspecified atom stereocenters. The summed E-state index contributed by atoms with van der Waals surface area (Å²) < 4.78 is 5.61. The van der Waals surface area contributed by atoms with Crippen LogP contribution in [0.4, 0.5) is 0 Å². The molecule has 0 aromatic heterocycles. The van der Waals surface area contributed by atoms with Crippen LogP contribution >= 0.6 is 0 Å². The van der Waals surface area contributed by atoms with Gasteiger partial charge in [0.2, 0.25) is 5.91 Å². The minimum absolute atomic E-state index is 0.0912. The molecule has 90 valence electrons. The number of unbranched alkanes of at least 4 members (excludes halogenated alkanes) is 2. The summed E-state index contributed by atoms with van der Waals surface area (Å²) in [5.74, 6) is 5.43. The number of ether oxygens (including phenoxy) is 1. The number of rotatable bonds is 8. The molecule has 0 saturated heterocycles. The molecular formula is C11H24N2O2. The van der Waals surface area contributed by atoms with Crippen LogP contribution in [0.1, 0.15) is 46.5 Å². The molecule has 15 heavy (non-hydrogen) atoms. The molecule has 4 heteroatoms. The third-order valence-electron chi connectivity index (χ3n) is 2.53. The van der Waals surface area contributed by atoms with Crippen LogP contribution in [0.5, 0.6) is 0 Å². The number of hydrogen-bond acceptors (Lipinski definition) is 3. The lowest BCUT2D eigenvalue weighted by Gasteiger charge is -2.16.